The predicted molar refractivity (Wildman–Crippen MR) is 165 cm³/mol. The van der Waals surface area contributed by atoms with Crippen LogP contribution in [0, 0.1) is 23.7 Å². The Morgan fingerprint density at radius 3 is 2.36 bits per heavy atom. The maximum atomic E-state index is 13.9. The number of benzene rings is 1. The third-order valence-corrected chi connectivity index (χ3v) is 11.5. The number of ether oxygens (including phenoxy) is 1. The molecule has 3 fully saturated rings. The number of sulfonamides is 1. The fourth-order valence-electron chi connectivity index (χ4n) is 6.68. The van der Waals surface area contributed by atoms with E-state index in [-0.39, 0.29) is 24.7 Å². The van der Waals surface area contributed by atoms with E-state index in [1.807, 2.05) is 25.1 Å². The lowest BCUT2D eigenvalue weighted by Gasteiger charge is -2.26. The van der Waals surface area contributed by atoms with Gasteiger partial charge in [0.2, 0.25) is 21.8 Å². The van der Waals surface area contributed by atoms with Crippen LogP contribution in [0.5, 0.6) is 0 Å². The van der Waals surface area contributed by atoms with Gasteiger partial charge in [0, 0.05) is 5.56 Å². The van der Waals surface area contributed by atoms with Crippen molar-refractivity contribution in [3.63, 3.8) is 0 Å². The van der Waals surface area contributed by atoms with Crippen LogP contribution >= 0.6 is 0 Å². The van der Waals surface area contributed by atoms with Gasteiger partial charge in [0.1, 0.15) is 17.7 Å². The number of nitrogens with one attached hydrogen (secondary N) is 3. The van der Waals surface area contributed by atoms with Crippen molar-refractivity contribution in [1.82, 2.24) is 15.4 Å². The Bertz CT molecular complexity index is 1470. The second kappa shape index (κ2) is 13.1. The lowest BCUT2D eigenvalue weighted by Crippen LogP contribution is -2.55. The van der Waals surface area contributed by atoms with Crippen molar-refractivity contribution in [2.75, 3.05) is 7.11 Å². The Balaban J connectivity index is 1.35. The smallest absolute Gasteiger partial charge is 0.328 e. The summed E-state index contributed by atoms with van der Waals surface area (Å²) < 4.78 is 32.2. The van der Waals surface area contributed by atoms with Gasteiger partial charge in [-0.15, -0.1) is 0 Å². The summed E-state index contributed by atoms with van der Waals surface area (Å²) in [6.45, 7) is 5.43. The van der Waals surface area contributed by atoms with Crippen LogP contribution in [0.2, 0.25) is 0 Å². The molecule has 13 heteroatoms. The molecule has 45 heavy (non-hydrogen) atoms. The highest BCUT2D eigenvalue weighted by Crippen LogP contribution is 2.47. The third-order valence-electron chi connectivity index (χ3n) is 9.66. The fraction of sp³-hybridized carbons (Fsp3) is 0.656. The Kier molecular flexibility index (Phi) is 9.57. The monoisotopic (exact) mass is 644 g/mol. The summed E-state index contributed by atoms with van der Waals surface area (Å²) in [4.78, 5) is 59.3. The Morgan fingerprint density at radius 2 is 1.73 bits per heavy atom. The number of aryl methyl sites for hydroxylation is 1. The molecule has 0 aromatic heterocycles. The first-order valence-electron chi connectivity index (χ1n) is 16.0. The van der Waals surface area contributed by atoms with Gasteiger partial charge in [0.25, 0.3) is 5.91 Å². The number of methoxy groups -OCH3 is 1. The molecule has 1 unspecified atom stereocenters. The molecule has 3 N–H and O–H groups in total. The van der Waals surface area contributed by atoms with E-state index in [0.29, 0.717) is 25.7 Å². The van der Waals surface area contributed by atoms with E-state index >= 15 is 0 Å². The van der Waals surface area contributed by atoms with E-state index in [2.05, 4.69) is 26.6 Å². The molecule has 3 amide bonds. The molecule has 246 valence electrons. The minimum Gasteiger partial charge on any atom is -0.467 e. The van der Waals surface area contributed by atoms with Crippen molar-refractivity contribution in [2.45, 2.75) is 101 Å². The Hall–Kier alpha value is -3.48. The zero-order valence-corrected chi connectivity index (χ0v) is 27.2. The highest BCUT2D eigenvalue weighted by Gasteiger charge is 2.62. The van der Waals surface area contributed by atoms with Crippen LogP contribution < -0.4 is 15.4 Å². The van der Waals surface area contributed by atoms with E-state index in [1.165, 1.54) is 12.7 Å². The minimum absolute atomic E-state index is 0.155. The zero-order chi connectivity index (χ0) is 32.5. The largest absolute Gasteiger partial charge is 0.467 e. The van der Waals surface area contributed by atoms with Crippen LogP contribution in [0.25, 0.3) is 0 Å². The summed E-state index contributed by atoms with van der Waals surface area (Å²) in [5, 5.41) is 9.50. The second-order valence-electron chi connectivity index (χ2n) is 13.2. The molecule has 0 spiro atoms. The molecular formula is C32H44N4O8S. The van der Waals surface area contributed by atoms with Gasteiger partial charge in [0.05, 0.1) is 29.9 Å². The number of carbonyl (C=O) groups is 4. The van der Waals surface area contributed by atoms with E-state index < -0.39 is 68.5 Å². The zero-order valence-electron chi connectivity index (χ0n) is 26.3. The van der Waals surface area contributed by atoms with Crippen LogP contribution in [0.3, 0.4) is 0 Å². The van der Waals surface area contributed by atoms with E-state index in [1.54, 1.807) is 13.8 Å². The number of hydrogen-bond acceptors (Lipinski definition) is 9. The number of esters is 1. The molecule has 0 aliphatic heterocycles. The lowest BCUT2D eigenvalue weighted by atomic mass is 9.90. The predicted octanol–water partition coefficient (Wildman–Crippen LogP) is 2.35. The van der Waals surface area contributed by atoms with Crippen LogP contribution in [0.4, 0.5) is 0 Å². The van der Waals surface area contributed by atoms with E-state index in [0.717, 1.165) is 30.5 Å². The van der Waals surface area contributed by atoms with Crippen molar-refractivity contribution in [1.29, 1.82) is 0 Å². The van der Waals surface area contributed by atoms with Gasteiger partial charge < -0.3 is 20.2 Å². The van der Waals surface area contributed by atoms with Gasteiger partial charge in [0.15, 0.2) is 0 Å². The summed E-state index contributed by atoms with van der Waals surface area (Å²) >= 11 is 0. The van der Waals surface area contributed by atoms with Gasteiger partial charge in [-0.2, -0.15) is 0 Å². The molecule has 0 bridgehead atoms. The average Bonchev–Trinajstić information content (AvgIpc) is 3.94. The molecule has 0 heterocycles. The first-order valence-corrected chi connectivity index (χ1v) is 17.5. The van der Waals surface area contributed by atoms with Gasteiger partial charge in [-0.1, -0.05) is 56.6 Å². The van der Waals surface area contributed by atoms with Gasteiger partial charge in [-0.25, -0.2) is 13.2 Å². The van der Waals surface area contributed by atoms with Gasteiger partial charge in [-0.3, -0.25) is 19.1 Å². The number of oxime groups is 1. The first-order chi connectivity index (χ1) is 21.4. The Morgan fingerprint density at radius 1 is 1.04 bits per heavy atom. The summed E-state index contributed by atoms with van der Waals surface area (Å²) in [6.07, 6.45) is 4.24. The van der Waals surface area contributed by atoms with Crippen molar-refractivity contribution in [3.8, 4) is 0 Å². The molecule has 1 aromatic rings. The van der Waals surface area contributed by atoms with Crippen molar-refractivity contribution in [3.05, 3.63) is 35.4 Å². The van der Waals surface area contributed by atoms with E-state index in [4.69, 9.17) is 9.57 Å². The summed E-state index contributed by atoms with van der Waals surface area (Å²) in [5.74, 6) is -4.66. The molecule has 6 atom stereocenters. The third kappa shape index (κ3) is 7.02. The van der Waals surface area contributed by atoms with E-state index in [9.17, 15) is 27.6 Å². The van der Waals surface area contributed by atoms with Crippen molar-refractivity contribution >= 4 is 39.4 Å². The fourth-order valence-corrected chi connectivity index (χ4v) is 8.04. The highest BCUT2D eigenvalue weighted by atomic mass is 32.2. The molecule has 12 nitrogen and oxygen atoms in total. The molecule has 0 saturated heterocycles. The molecule has 0 radical (unpaired) electrons. The molecule has 1 aromatic carbocycles. The quantitative estimate of drug-likeness (QED) is 0.230. The molecule has 3 saturated carbocycles. The first kappa shape index (κ1) is 32.9. The number of rotatable bonds is 12. The summed E-state index contributed by atoms with van der Waals surface area (Å²) in [7, 11) is -2.57. The molecular weight excluding hydrogens is 600 g/mol. The topological polar surface area (TPSA) is 169 Å². The lowest BCUT2D eigenvalue weighted by molar-refractivity contribution is -0.147. The minimum atomic E-state index is -3.81. The van der Waals surface area contributed by atoms with Crippen LogP contribution in [0.1, 0.15) is 83.3 Å². The van der Waals surface area contributed by atoms with Crippen LogP contribution in [0.15, 0.2) is 29.4 Å². The second-order valence-corrected chi connectivity index (χ2v) is 15.1. The number of fused-ring (bicyclic) bond motifs is 1. The summed E-state index contributed by atoms with van der Waals surface area (Å²) in [6, 6.07) is 7.09. The maximum absolute atomic E-state index is 13.9. The van der Waals surface area contributed by atoms with Gasteiger partial charge in [-0.05, 0) is 68.8 Å². The van der Waals surface area contributed by atoms with Crippen LogP contribution in [-0.2, 0) is 45.2 Å². The SMILES string of the molecule is CC[C@@H]1C[C@]1(NC(=O)[C@@H]1C[C@@H](O/N=C2/CCCc3ccccc32)C[C@H]1C(=O)NC(C(=O)OC)C(C)C)C(=O)NS(=O)(=O)C1CC1. The number of hydrogen-bond donors (Lipinski definition) is 3. The molecule has 4 aliphatic rings. The maximum Gasteiger partial charge on any atom is 0.328 e. The number of carbonyl (C=O) groups excluding carboxylic acids is 4. The van der Waals surface area contributed by atoms with Gasteiger partial charge >= 0.3 is 5.97 Å². The summed E-state index contributed by atoms with van der Waals surface area (Å²) in [5.41, 5.74) is 1.66. The molecule has 4 aliphatic carbocycles. The number of nitrogens with zero attached hydrogens (tertiary/aromatic N) is 1. The average molecular weight is 645 g/mol. The van der Waals surface area contributed by atoms with Crippen molar-refractivity contribution < 1.29 is 37.2 Å². The highest BCUT2D eigenvalue weighted by molar-refractivity contribution is 7.91. The Labute approximate surface area is 264 Å². The molecule has 5 rings (SSSR count). The number of amides is 3. The van der Waals surface area contributed by atoms with Crippen LogP contribution in [-0.4, -0.2) is 67.9 Å². The van der Waals surface area contributed by atoms with Crippen molar-refractivity contribution in [2.24, 2.45) is 28.8 Å². The standard InChI is InChI=1S/C32H44N4O8S/c1-5-20-17-32(20,31(40)36-45(41,42)22-13-14-22)34-29(38)25-16-21(15-24(25)28(37)33-27(18(2)3)30(39)43-4)44-35-26-12-8-10-19-9-6-7-11-23(19)26/h6-7,9,11,18,20-22,24-25,27H,5,8,10,12-17H2,1-4H3,(H,33,37)(H,34,38)(H,36,40)/b35-26-/t20-,21+,24-,25-,27?,32-/m1/s1. The normalized spacial score (nSPS) is 29.0.